The predicted octanol–water partition coefficient (Wildman–Crippen LogP) is 2.21. The zero-order chi connectivity index (χ0) is 12.4. The minimum atomic E-state index is -0.275. The zero-order valence-electron chi connectivity index (χ0n) is 9.66. The predicted molar refractivity (Wildman–Crippen MR) is 64.4 cm³/mol. The lowest BCUT2D eigenvalue weighted by Gasteiger charge is -2.16. The summed E-state index contributed by atoms with van der Waals surface area (Å²) in [5.41, 5.74) is 1.38. The lowest BCUT2D eigenvalue weighted by molar-refractivity contribution is 0.123. The third kappa shape index (κ3) is 2.17. The molecule has 1 unspecified atom stereocenters. The van der Waals surface area contributed by atoms with Crippen LogP contribution in [0.5, 0.6) is 0 Å². The first-order valence-electron chi connectivity index (χ1n) is 5.75. The third-order valence-electron chi connectivity index (χ3n) is 2.83. The maximum atomic E-state index is 13.1. The molecule has 1 aromatic carbocycles. The number of hydrogen-bond donors (Lipinski definition) is 0. The summed E-state index contributed by atoms with van der Waals surface area (Å²) in [5, 5.41) is 8.12. The summed E-state index contributed by atoms with van der Waals surface area (Å²) < 4.78 is 20.2. The van der Waals surface area contributed by atoms with Crippen LogP contribution >= 0.6 is 0 Å². The molecule has 0 saturated carbocycles. The van der Waals surface area contributed by atoms with Crippen molar-refractivity contribution in [1.29, 1.82) is 0 Å². The number of rotatable bonds is 2. The molecule has 0 N–H and O–H groups in total. The van der Waals surface area contributed by atoms with Crippen LogP contribution in [-0.2, 0) is 4.74 Å². The van der Waals surface area contributed by atoms with E-state index in [4.69, 9.17) is 4.74 Å². The summed E-state index contributed by atoms with van der Waals surface area (Å²) >= 11 is 0. The number of ether oxygens (including phenoxy) is 1. The summed E-state index contributed by atoms with van der Waals surface area (Å²) in [6.45, 7) is 1.23. The molecule has 1 aliphatic rings. The van der Waals surface area contributed by atoms with E-state index in [0.29, 0.717) is 18.9 Å². The van der Waals surface area contributed by atoms with Crippen molar-refractivity contribution in [3.63, 3.8) is 0 Å². The molecule has 2 aromatic rings. The van der Waals surface area contributed by atoms with Gasteiger partial charge in [0.1, 0.15) is 11.5 Å². The van der Waals surface area contributed by atoms with Gasteiger partial charge in [-0.05, 0) is 12.1 Å². The van der Waals surface area contributed by atoms with Gasteiger partial charge < -0.3 is 4.74 Å². The number of hydrogen-bond acceptors (Lipinski definition) is 3. The molecule has 0 aliphatic carbocycles. The Hall–Kier alpha value is -2.01. The Balaban J connectivity index is 1.89. The van der Waals surface area contributed by atoms with E-state index in [9.17, 15) is 4.39 Å². The zero-order valence-corrected chi connectivity index (χ0v) is 9.66. The third-order valence-corrected chi connectivity index (χ3v) is 2.83. The van der Waals surface area contributed by atoms with Gasteiger partial charge in [-0.1, -0.05) is 29.5 Å². The van der Waals surface area contributed by atoms with Gasteiger partial charge in [-0.25, -0.2) is 9.07 Å². The molecule has 1 aromatic heterocycles. The maximum Gasteiger partial charge on any atom is 0.123 e. The van der Waals surface area contributed by atoms with Gasteiger partial charge in [-0.2, -0.15) is 0 Å². The Morgan fingerprint density at radius 3 is 3.11 bits per heavy atom. The summed E-state index contributed by atoms with van der Waals surface area (Å²) in [5.74, 6) is -0.275. The molecule has 2 heterocycles. The standard InChI is InChI=1S/C13H12FN3O/c14-11-4-1-3-10(7-11)13-8-17(16-15-13)12-5-2-6-18-9-12/h1-5,7-8,12H,6,9H2. The Bertz CT molecular complexity index is 579. The molecule has 0 fully saturated rings. The van der Waals surface area contributed by atoms with Gasteiger partial charge >= 0.3 is 0 Å². The Morgan fingerprint density at radius 1 is 1.39 bits per heavy atom. The van der Waals surface area contributed by atoms with Crippen LogP contribution in [0.2, 0.25) is 0 Å². The van der Waals surface area contributed by atoms with Crippen molar-refractivity contribution in [3.05, 3.63) is 48.4 Å². The first-order chi connectivity index (χ1) is 8.83. The van der Waals surface area contributed by atoms with E-state index in [2.05, 4.69) is 10.3 Å². The van der Waals surface area contributed by atoms with Gasteiger partial charge in [0.2, 0.25) is 0 Å². The fourth-order valence-electron chi connectivity index (χ4n) is 1.91. The fourth-order valence-corrected chi connectivity index (χ4v) is 1.91. The smallest absolute Gasteiger partial charge is 0.123 e. The minimum Gasteiger partial charge on any atom is -0.375 e. The summed E-state index contributed by atoms with van der Waals surface area (Å²) in [6.07, 6.45) is 5.80. The number of benzene rings is 1. The lowest BCUT2D eigenvalue weighted by Crippen LogP contribution is -2.17. The van der Waals surface area contributed by atoms with E-state index in [-0.39, 0.29) is 11.9 Å². The van der Waals surface area contributed by atoms with E-state index in [1.165, 1.54) is 12.1 Å². The van der Waals surface area contributed by atoms with Crippen molar-refractivity contribution >= 4 is 0 Å². The second-order valence-corrected chi connectivity index (χ2v) is 4.13. The minimum absolute atomic E-state index is 0.0635. The molecule has 18 heavy (non-hydrogen) atoms. The molecule has 4 nitrogen and oxygen atoms in total. The maximum absolute atomic E-state index is 13.1. The largest absolute Gasteiger partial charge is 0.375 e. The highest BCUT2D eigenvalue weighted by molar-refractivity contribution is 5.57. The molecule has 0 spiro atoms. The molecule has 0 bridgehead atoms. The normalized spacial score (nSPS) is 19.1. The SMILES string of the molecule is Fc1cccc(-c2cn(C3C=CCOC3)nn2)c1. The first kappa shape index (κ1) is 11.1. The van der Waals surface area contributed by atoms with Crippen molar-refractivity contribution in [2.24, 2.45) is 0 Å². The molecule has 0 amide bonds. The van der Waals surface area contributed by atoms with Crippen molar-refractivity contribution in [2.45, 2.75) is 6.04 Å². The van der Waals surface area contributed by atoms with E-state index in [1.54, 1.807) is 16.9 Å². The fraction of sp³-hybridized carbons (Fsp3) is 0.231. The van der Waals surface area contributed by atoms with Gasteiger partial charge in [-0.15, -0.1) is 5.10 Å². The Kier molecular flexibility index (Phi) is 2.90. The van der Waals surface area contributed by atoms with Crippen LogP contribution in [0.15, 0.2) is 42.6 Å². The van der Waals surface area contributed by atoms with Gasteiger partial charge in [-0.3, -0.25) is 0 Å². The van der Waals surface area contributed by atoms with Crippen molar-refractivity contribution < 1.29 is 9.13 Å². The van der Waals surface area contributed by atoms with Crippen LogP contribution in [0.25, 0.3) is 11.3 Å². The average molecular weight is 245 g/mol. The van der Waals surface area contributed by atoms with Gasteiger partial charge in [0.25, 0.3) is 0 Å². The highest BCUT2D eigenvalue weighted by Crippen LogP contribution is 2.19. The van der Waals surface area contributed by atoms with Gasteiger partial charge in [0.05, 0.1) is 25.5 Å². The second-order valence-electron chi connectivity index (χ2n) is 4.13. The number of aromatic nitrogens is 3. The molecule has 1 aliphatic heterocycles. The quantitative estimate of drug-likeness (QED) is 0.761. The summed E-state index contributed by atoms with van der Waals surface area (Å²) in [6, 6.07) is 6.39. The van der Waals surface area contributed by atoms with Crippen molar-refractivity contribution in [2.75, 3.05) is 13.2 Å². The number of nitrogens with zero attached hydrogens (tertiary/aromatic N) is 3. The summed E-state index contributed by atoms with van der Waals surface area (Å²) in [7, 11) is 0. The molecule has 0 radical (unpaired) electrons. The van der Waals surface area contributed by atoms with Gasteiger partial charge in [0, 0.05) is 5.56 Å². The second kappa shape index (κ2) is 4.70. The van der Waals surface area contributed by atoms with Crippen LogP contribution in [0.1, 0.15) is 6.04 Å². The molecule has 5 heteroatoms. The van der Waals surface area contributed by atoms with Crippen LogP contribution in [0.3, 0.4) is 0 Å². The molecular formula is C13H12FN3O. The lowest BCUT2D eigenvalue weighted by atomic mass is 10.1. The topological polar surface area (TPSA) is 39.9 Å². The highest BCUT2D eigenvalue weighted by Gasteiger charge is 2.13. The van der Waals surface area contributed by atoms with E-state index >= 15 is 0 Å². The van der Waals surface area contributed by atoms with E-state index in [1.807, 2.05) is 18.2 Å². The van der Waals surface area contributed by atoms with E-state index in [0.717, 1.165) is 5.56 Å². The number of halogens is 1. The van der Waals surface area contributed by atoms with Crippen LogP contribution in [0, 0.1) is 5.82 Å². The summed E-state index contributed by atoms with van der Waals surface area (Å²) in [4.78, 5) is 0. The van der Waals surface area contributed by atoms with E-state index < -0.39 is 0 Å². The first-order valence-corrected chi connectivity index (χ1v) is 5.75. The highest BCUT2D eigenvalue weighted by atomic mass is 19.1. The Morgan fingerprint density at radius 2 is 2.33 bits per heavy atom. The average Bonchev–Trinajstić information content (AvgIpc) is 2.89. The van der Waals surface area contributed by atoms with Crippen molar-refractivity contribution in [1.82, 2.24) is 15.0 Å². The molecule has 0 saturated heterocycles. The monoisotopic (exact) mass is 245 g/mol. The molecule has 3 rings (SSSR count). The van der Waals surface area contributed by atoms with Crippen LogP contribution in [0.4, 0.5) is 4.39 Å². The Labute approximate surface area is 104 Å². The molecule has 92 valence electrons. The molecule has 1 atom stereocenters. The van der Waals surface area contributed by atoms with Gasteiger partial charge in [0.15, 0.2) is 0 Å². The van der Waals surface area contributed by atoms with Crippen LogP contribution < -0.4 is 0 Å². The van der Waals surface area contributed by atoms with Crippen molar-refractivity contribution in [3.8, 4) is 11.3 Å². The molecular weight excluding hydrogens is 233 g/mol. The van der Waals surface area contributed by atoms with Crippen LogP contribution in [-0.4, -0.2) is 28.2 Å².